The number of nitro groups is 1. The fourth-order valence-corrected chi connectivity index (χ4v) is 2.82. The molecule has 0 aliphatic carbocycles. The SMILES string of the molecule is N#C/C(=C/c1cccn1-c1ccc(I)cc1)c1cccc([N+](=O)[O-])c1. The summed E-state index contributed by atoms with van der Waals surface area (Å²) >= 11 is 2.25. The van der Waals surface area contributed by atoms with E-state index < -0.39 is 4.92 Å². The van der Waals surface area contributed by atoms with E-state index in [4.69, 9.17) is 0 Å². The maximum atomic E-state index is 10.9. The molecular formula is C19H12IN3O2. The van der Waals surface area contributed by atoms with Crippen LogP contribution in [0.2, 0.25) is 0 Å². The lowest BCUT2D eigenvalue weighted by Gasteiger charge is -2.07. The van der Waals surface area contributed by atoms with Crippen LogP contribution in [0.15, 0.2) is 66.9 Å². The Morgan fingerprint density at radius 3 is 2.60 bits per heavy atom. The van der Waals surface area contributed by atoms with Crippen molar-refractivity contribution in [1.29, 1.82) is 5.26 Å². The van der Waals surface area contributed by atoms with Gasteiger partial charge in [-0.15, -0.1) is 0 Å². The number of aromatic nitrogens is 1. The molecule has 0 saturated heterocycles. The summed E-state index contributed by atoms with van der Waals surface area (Å²) in [4.78, 5) is 10.5. The second-order valence-electron chi connectivity index (χ2n) is 5.26. The molecule has 3 aromatic rings. The first-order valence-corrected chi connectivity index (χ1v) is 8.46. The molecule has 122 valence electrons. The number of nitrogens with zero attached hydrogens (tertiary/aromatic N) is 3. The van der Waals surface area contributed by atoms with E-state index in [0.717, 1.165) is 15.0 Å². The maximum Gasteiger partial charge on any atom is 0.270 e. The first-order valence-electron chi connectivity index (χ1n) is 7.38. The van der Waals surface area contributed by atoms with Gasteiger partial charge in [0.2, 0.25) is 0 Å². The van der Waals surface area contributed by atoms with Crippen molar-refractivity contribution in [2.45, 2.75) is 0 Å². The Kier molecular flexibility index (Phi) is 4.95. The second-order valence-corrected chi connectivity index (χ2v) is 6.50. The summed E-state index contributed by atoms with van der Waals surface area (Å²) in [6.07, 6.45) is 3.65. The smallest absolute Gasteiger partial charge is 0.270 e. The van der Waals surface area contributed by atoms with Gasteiger partial charge in [0.05, 0.1) is 16.6 Å². The number of rotatable bonds is 4. The van der Waals surface area contributed by atoms with Gasteiger partial charge in [-0.1, -0.05) is 12.1 Å². The summed E-state index contributed by atoms with van der Waals surface area (Å²) in [6, 6.07) is 20.0. The van der Waals surface area contributed by atoms with Gasteiger partial charge in [-0.25, -0.2) is 0 Å². The quantitative estimate of drug-likeness (QED) is 0.246. The minimum Gasteiger partial charge on any atom is -0.317 e. The molecule has 3 rings (SSSR count). The molecule has 0 saturated carbocycles. The Hall–Kier alpha value is -2.92. The molecule has 6 heteroatoms. The molecule has 0 unspecified atom stereocenters. The van der Waals surface area contributed by atoms with Gasteiger partial charge in [0.25, 0.3) is 5.69 Å². The molecule has 0 aliphatic heterocycles. The van der Waals surface area contributed by atoms with Crippen LogP contribution >= 0.6 is 22.6 Å². The topological polar surface area (TPSA) is 71.9 Å². The van der Waals surface area contributed by atoms with Gasteiger partial charge < -0.3 is 4.57 Å². The zero-order valence-electron chi connectivity index (χ0n) is 13.0. The van der Waals surface area contributed by atoms with Crippen LogP contribution < -0.4 is 0 Å². The molecule has 5 nitrogen and oxygen atoms in total. The third-order valence-corrected chi connectivity index (χ3v) is 4.38. The zero-order valence-corrected chi connectivity index (χ0v) is 15.1. The lowest BCUT2D eigenvalue weighted by atomic mass is 10.1. The van der Waals surface area contributed by atoms with Crippen molar-refractivity contribution in [1.82, 2.24) is 4.57 Å². The molecule has 0 spiro atoms. The van der Waals surface area contributed by atoms with Crippen molar-refractivity contribution in [3.05, 3.63) is 91.8 Å². The number of non-ortho nitro benzene ring substituents is 1. The average Bonchev–Trinajstić information content (AvgIpc) is 3.08. The molecule has 1 heterocycles. The highest BCUT2D eigenvalue weighted by molar-refractivity contribution is 14.1. The predicted molar refractivity (Wildman–Crippen MR) is 105 cm³/mol. The molecular weight excluding hydrogens is 429 g/mol. The van der Waals surface area contributed by atoms with E-state index >= 15 is 0 Å². The summed E-state index contributed by atoms with van der Waals surface area (Å²) in [6.45, 7) is 0. The summed E-state index contributed by atoms with van der Waals surface area (Å²) in [5.41, 5.74) is 2.66. The molecule has 2 aromatic carbocycles. The molecule has 0 bridgehead atoms. The van der Waals surface area contributed by atoms with E-state index in [1.165, 1.54) is 12.1 Å². The highest BCUT2D eigenvalue weighted by Gasteiger charge is 2.10. The Bertz CT molecular complexity index is 998. The Morgan fingerprint density at radius 1 is 1.16 bits per heavy atom. The number of hydrogen-bond donors (Lipinski definition) is 0. The largest absolute Gasteiger partial charge is 0.317 e. The average molecular weight is 441 g/mol. The van der Waals surface area contributed by atoms with Gasteiger partial charge in [0, 0.05) is 33.3 Å². The molecule has 0 amide bonds. The molecule has 0 aliphatic rings. The lowest BCUT2D eigenvalue weighted by Crippen LogP contribution is -1.95. The van der Waals surface area contributed by atoms with E-state index in [2.05, 4.69) is 28.7 Å². The highest BCUT2D eigenvalue weighted by atomic mass is 127. The van der Waals surface area contributed by atoms with Crippen LogP contribution in [0.25, 0.3) is 17.3 Å². The minimum absolute atomic E-state index is 0.0355. The van der Waals surface area contributed by atoms with Gasteiger partial charge in [-0.2, -0.15) is 5.26 Å². The summed E-state index contributed by atoms with van der Waals surface area (Å²) in [7, 11) is 0. The zero-order chi connectivity index (χ0) is 17.8. The van der Waals surface area contributed by atoms with Crippen LogP contribution in [-0.2, 0) is 0 Å². The third kappa shape index (κ3) is 3.78. The molecule has 0 fully saturated rings. The normalized spacial score (nSPS) is 11.1. The Labute approximate surface area is 158 Å². The Balaban J connectivity index is 2.04. The molecule has 0 atom stereocenters. The van der Waals surface area contributed by atoms with Crippen LogP contribution in [0.3, 0.4) is 0 Å². The van der Waals surface area contributed by atoms with Crippen molar-refractivity contribution < 1.29 is 4.92 Å². The van der Waals surface area contributed by atoms with E-state index in [0.29, 0.717) is 11.1 Å². The summed E-state index contributed by atoms with van der Waals surface area (Å²) in [5.74, 6) is 0. The van der Waals surface area contributed by atoms with E-state index in [1.807, 2.05) is 47.2 Å². The second kappa shape index (κ2) is 7.32. The summed E-state index contributed by atoms with van der Waals surface area (Å²) in [5, 5.41) is 20.5. The lowest BCUT2D eigenvalue weighted by molar-refractivity contribution is -0.384. The first-order chi connectivity index (χ1) is 12.1. The number of hydrogen-bond acceptors (Lipinski definition) is 3. The molecule has 25 heavy (non-hydrogen) atoms. The van der Waals surface area contributed by atoms with Gasteiger partial charge in [0.15, 0.2) is 0 Å². The van der Waals surface area contributed by atoms with Crippen molar-refractivity contribution in [3.63, 3.8) is 0 Å². The Morgan fingerprint density at radius 2 is 1.92 bits per heavy atom. The molecule has 1 aromatic heterocycles. The van der Waals surface area contributed by atoms with Crippen LogP contribution in [0.4, 0.5) is 5.69 Å². The van der Waals surface area contributed by atoms with Crippen LogP contribution in [0, 0.1) is 25.0 Å². The van der Waals surface area contributed by atoms with Crippen LogP contribution in [0.5, 0.6) is 0 Å². The third-order valence-electron chi connectivity index (χ3n) is 3.67. The monoisotopic (exact) mass is 441 g/mol. The van der Waals surface area contributed by atoms with Gasteiger partial charge in [-0.05, 0) is 70.6 Å². The van der Waals surface area contributed by atoms with E-state index in [-0.39, 0.29) is 5.69 Å². The summed E-state index contributed by atoms with van der Waals surface area (Å²) < 4.78 is 3.10. The van der Waals surface area contributed by atoms with Crippen molar-refractivity contribution in [3.8, 4) is 11.8 Å². The van der Waals surface area contributed by atoms with Crippen molar-refractivity contribution >= 4 is 39.9 Å². The standard InChI is InChI=1S/C19H12IN3O2/c20-16-6-8-17(9-7-16)22-10-2-5-18(22)12-15(13-21)14-3-1-4-19(11-14)23(24)25/h1-12H/b15-12-. The van der Waals surface area contributed by atoms with Gasteiger partial charge in [0.1, 0.15) is 0 Å². The number of allylic oxidation sites excluding steroid dienone is 1. The van der Waals surface area contributed by atoms with Crippen molar-refractivity contribution in [2.24, 2.45) is 0 Å². The maximum absolute atomic E-state index is 10.9. The highest BCUT2D eigenvalue weighted by Crippen LogP contribution is 2.23. The van der Waals surface area contributed by atoms with Crippen LogP contribution in [-0.4, -0.2) is 9.49 Å². The van der Waals surface area contributed by atoms with E-state index in [9.17, 15) is 15.4 Å². The number of benzene rings is 2. The number of nitro benzene ring substituents is 1. The fraction of sp³-hybridized carbons (Fsp3) is 0. The first kappa shape index (κ1) is 16.9. The molecule has 0 radical (unpaired) electrons. The predicted octanol–water partition coefficient (Wildman–Crippen LogP) is 5.05. The van der Waals surface area contributed by atoms with E-state index in [1.54, 1.807) is 18.2 Å². The van der Waals surface area contributed by atoms with Gasteiger partial charge in [-0.3, -0.25) is 10.1 Å². The fourth-order valence-electron chi connectivity index (χ4n) is 2.46. The molecule has 0 N–H and O–H groups in total. The van der Waals surface area contributed by atoms with Gasteiger partial charge >= 0.3 is 0 Å². The van der Waals surface area contributed by atoms with Crippen LogP contribution in [0.1, 0.15) is 11.3 Å². The number of halogens is 1. The number of nitriles is 1. The van der Waals surface area contributed by atoms with Crippen molar-refractivity contribution in [2.75, 3.05) is 0 Å². The minimum atomic E-state index is -0.465.